The Labute approximate surface area is 122 Å². The molecule has 21 heavy (non-hydrogen) atoms. The molecule has 1 amide bonds. The smallest absolute Gasteiger partial charge is 0.325 e. The molecular weight excluding hydrogens is 274 g/mol. The summed E-state index contributed by atoms with van der Waals surface area (Å²) in [6, 6.07) is 0. The van der Waals surface area contributed by atoms with Crippen molar-refractivity contribution in [3.8, 4) is 0 Å². The number of amides is 1. The van der Waals surface area contributed by atoms with Crippen LogP contribution in [0, 0.1) is 6.92 Å². The van der Waals surface area contributed by atoms with Crippen molar-refractivity contribution in [3.05, 3.63) is 32.1 Å². The van der Waals surface area contributed by atoms with Gasteiger partial charge in [-0.15, -0.1) is 0 Å². The Morgan fingerprint density at radius 1 is 1.24 bits per heavy atom. The van der Waals surface area contributed by atoms with E-state index in [-0.39, 0.29) is 24.5 Å². The second-order valence-electron chi connectivity index (χ2n) is 5.57. The minimum Gasteiger partial charge on any atom is -0.372 e. The molecule has 0 unspecified atom stereocenters. The molecule has 2 rings (SSSR count). The number of aromatic nitrogens is 2. The van der Waals surface area contributed by atoms with Crippen LogP contribution in [0.4, 0.5) is 0 Å². The molecule has 7 nitrogen and oxygen atoms in total. The minimum atomic E-state index is -0.525. The van der Waals surface area contributed by atoms with Crippen LogP contribution < -0.4 is 11.2 Å². The lowest BCUT2D eigenvalue weighted by Crippen LogP contribution is -2.48. The Kier molecular flexibility index (Phi) is 4.62. The number of H-pyrrole nitrogens is 2. The van der Waals surface area contributed by atoms with Crippen LogP contribution in [0.25, 0.3) is 0 Å². The maximum atomic E-state index is 12.2. The van der Waals surface area contributed by atoms with Crippen LogP contribution in [-0.4, -0.2) is 46.1 Å². The number of nitrogens with zero attached hydrogens (tertiary/aromatic N) is 1. The summed E-state index contributed by atoms with van der Waals surface area (Å²) in [5, 5.41) is 0. The van der Waals surface area contributed by atoms with Gasteiger partial charge in [-0.05, 0) is 27.2 Å². The van der Waals surface area contributed by atoms with Crippen molar-refractivity contribution in [2.75, 3.05) is 13.1 Å². The number of nitrogens with one attached hydrogen (secondary N) is 2. The molecule has 1 aromatic rings. The predicted octanol–water partition coefficient (Wildman–Crippen LogP) is -0.0600. The fourth-order valence-electron chi connectivity index (χ4n) is 2.70. The summed E-state index contributed by atoms with van der Waals surface area (Å²) in [5.41, 5.74) is 0.0220. The zero-order valence-electron chi connectivity index (χ0n) is 12.6. The van der Waals surface area contributed by atoms with Gasteiger partial charge in [0.05, 0.1) is 12.2 Å². The highest BCUT2D eigenvalue weighted by Gasteiger charge is 2.25. The molecule has 1 aromatic heterocycles. The Morgan fingerprint density at radius 2 is 1.86 bits per heavy atom. The molecule has 1 saturated heterocycles. The van der Waals surface area contributed by atoms with Crippen LogP contribution >= 0.6 is 0 Å². The molecular formula is C14H21N3O4. The monoisotopic (exact) mass is 295 g/mol. The van der Waals surface area contributed by atoms with E-state index < -0.39 is 11.2 Å². The van der Waals surface area contributed by atoms with Crippen LogP contribution in [0.2, 0.25) is 0 Å². The molecule has 1 fully saturated rings. The summed E-state index contributed by atoms with van der Waals surface area (Å²) in [7, 11) is 0. The predicted molar refractivity (Wildman–Crippen MR) is 77.3 cm³/mol. The van der Waals surface area contributed by atoms with Crippen molar-refractivity contribution in [1.82, 2.24) is 14.9 Å². The number of aromatic amines is 2. The van der Waals surface area contributed by atoms with Gasteiger partial charge < -0.3 is 14.6 Å². The molecule has 0 saturated carbocycles. The van der Waals surface area contributed by atoms with E-state index in [1.165, 1.54) is 0 Å². The highest BCUT2D eigenvalue weighted by atomic mass is 16.5. The molecule has 1 aliphatic rings. The van der Waals surface area contributed by atoms with Crippen molar-refractivity contribution in [3.63, 3.8) is 0 Å². The molecule has 2 atom stereocenters. The van der Waals surface area contributed by atoms with E-state index in [4.69, 9.17) is 4.74 Å². The molecule has 116 valence electrons. The van der Waals surface area contributed by atoms with Crippen molar-refractivity contribution in [1.29, 1.82) is 0 Å². The number of carbonyl (C=O) groups excluding carboxylic acids is 1. The van der Waals surface area contributed by atoms with Crippen LogP contribution in [0.3, 0.4) is 0 Å². The summed E-state index contributed by atoms with van der Waals surface area (Å²) < 4.78 is 5.59. The van der Waals surface area contributed by atoms with E-state index in [1.54, 1.807) is 11.8 Å². The SMILES string of the molecule is Cc1[nH]c(=O)[nH]c(=O)c1CCC(=O)N1C[C@@H](C)O[C@@H](C)C1. The van der Waals surface area contributed by atoms with E-state index in [0.717, 1.165) is 0 Å². The lowest BCUT2D eigenvalue weighted by Gasteiger charge is -2.35. The van der Waals surface area contributed by atoms with Gasteiger partial charge in [0.15, 0.2) is 0 Å². The van der Waals surface area contributed by atoms with Gasteiger partial charge in [-0.25, -0.2) is 4.79 Å². The van der Waals surface area contributed by atoms with Crippen molar-refractivity contribution in [2.24, 2.45) is 0 Å². The molecule has 7 heteroatoms. The van der Waals surface area contributed by atoms with Crippen LogP contribution in [-0.2, 0) is 16.0 Å². The topological polar surface area (TPSA) is 95.3 Å². The van der Waals surface area contributed by atoms with Crippen LogP contribution in [0.15, 0.2) is 9.59 Å². The molecule has 0 aliphatic carbocycles. The van der Waals surface area contributed by atoms with Gasteiger partial charge in [-0.3, -0.25) is 14.6 Å². The van der Waals surface area contributed by atoms with E-state index in [9.17, 15) is 14.4 Å². The van der Waals surface area contributed by atoms with E-state index in [1.807, 2.05) is 13.8 Å². The number of morpholine rings is 1. The fraction of sp³-hybridized carbons (Fsp3) is 0.643. The van der Waals surface area contributed by atoms with Crippen LogP contribution in [0.5, 0.6) is 0 Å². The molecule has 2 N–H and O–H groups in total. The Morgan fingerprint density at radius 3 is 2.43 bits per heavy atom. The number of hydrogen-bond acceptors (Lipinski definition) is 4. The maximum absolute atomic E-state index is 12.2. The third-order valence-corrected chi connectivity index (χ3v) is 3.62. The molecule has 1 aliphatic heterocycles. The zero-order chi connectivity index (χ0) is 15.6. The Balaban J connectivity index is 2.01. The van der Waals surface area contributed by atoms with Gasteiger partial charge in [0.2, 0.25) is 5.91 Å². The summed E-state index contributed by atoms with van der Waals surface area (Å²) in [6.07, 6.45) is 0.610. The third kappa shape index (κ3) is 3.81. The summed E-state index contributed by atoms with van der Waals surface area (Å²) >= 11 is 0. The third-order valence-electron chi connectivity index (χ3n) is 3.62. The first-order chi connectivity index (χ1) is 9.86. The quantitative estimate of drug-likeness (QED) is 0.816. The van der Waals surface area contributed by atoms with Gasteiger partial charge in [-0.2, -0.15) is 0 Å². The molecule has 0 spiro atoms. The van der Waals surface area contributed by atoms with E-state index >= 15 is 0 Å². The maximum Gasteiger partial charge on any atom is 0.325 e. The number of hydrogen-bond donors (Lipinski definition) is 2. The van der Waals surface area contributed by atoms with Crippen LogP contribution in [0.1, 0.15) is 31.5 Å². The minimum absolute atomic E-state index is 0.00185. The standard InChI is InChI=1S/C14H21N3O4/c1-8-6-17(7-9(2)21-8)12(18)5-4-11-10(3)15-14(20)16-13(11)19/h8-9H,4-7H2,1-3H3,(H2,15,16,19,20)/t8-,9+. The van der Waals surface area contributed by atoms with Gasteiger partial charge in [0.25, 0.3) is 5.56 Å². The molecule has 0 aromatic carbocycles. The van der Waals surface area contributed by atoms with E-state index in [2.05, 4.69) is 9.97 Å². The Bertz CT molecular complexity index is 624. The van der Waals surface area contributed by atoms with Crippen molar-refractivity contribution >= 4 is 5.91 Å². The first kappa shape index (κ1) is 15.5. The van der Waals surface area contributed by atoms with E-state index in [0.29, 0.717) is 30.8 Å². The average molecular weight is 295 g/mol. The molecule has 2 heterocycles. The van der Waals surface area contributed by atoms with Gasteiger partial charge in [0, 0.05) is 30.8 Å². The zero-order valence-corrected chi connectivity index (χ0v) is 12.6. The van der Waals surface area contributed by atoms with Gasteiger partial charge >= 0.3 is 5.69 Å². The average Bonchev–Trinajstić information content (AvgIpc) is 2.35. The fourth-order valence-corrected chi connectivity index (χ4v) is 2.70. The summed E-state index contributed by atoms with van der Waals surface area (Å²) in [4.78, 5) is 41.6. The largest absolute Gasteiger partial charge is 0.372 e. The number of carbonyl (C=O) groups is 1. The first-order valence-electron chi connectivity index (χ1n) is 7.12. The number of aryl methyl sites for hydroxylation is 1. The highest BCUT2D eigenvalue weighted by Crippen LogP contribution is 2.12. The second kappa shape index (κ2) is 6.26. The van der Waals surface area contributed by atoms with Crippen molar-refractivity contribution in [2.45, 2.75) is 45.8 Å². The number of ether oxygens (including phenoxy) is 1. The molecule has 0 radical (unpaired) electrons. The summed E-state index contributed by atoms with van der Waals surface area (Å²) in [6.45, 7) is 6.68. The van der Waals surface area contributed by atoms with Crippen molar-refractivity contribution < 1.29 is 9.53 Å². The molecule has 0 bridgehead atoms. The normalized spacial score (nSPS) is 22.3. The van der Waals surface area contributed by atoms with Gasteiger partial charge in [0.1, 0.15) is 0 Å². The second-order valence-corrected chi connectivity index (χ2v) is 5.57. The Hall–Kier alpha value is -1.89. The summed E-state index contributed by atoms with van der Waals surface area (Å²) in [5.74, 6) is 0.00185. The lowest BCUT2D eigenvalue weighted by atomic mass is 10.1. The first-order valence-corrected chi connectivity index (χ1v) is 7.12. The number of rotatable bonds is 3. The lowest BCUT2D eigenvalue weighted by molar-refractivity contribution is -0.143. The van der Waals surface area contributed by atoms with Gasteiger partial charge in [-0.1, -0.05) is 0 Å². The highest BCUT2D eigenvalue weighted by molar-refractivity contribution is 5.76.